The Morgan fingerprint density at radius 1 is 1.19 bits per heavy atom. The highest BCUT2D eigenvalue weighted by atomic mass is 32.2. The maximum atomic E-state index is 11.6. The van der Waals surface area contributed by atoms with E-state index in [2.05, 4.69) is 15.2 Å². The van der Waals surface area contributed by atoms with Crippen molar-refractivity contribution in [2.75, 3.05) is 0 Å². The van der Waals surface area contributed by atoms with E-state index >= 15 is 0 Å². The second-order valence-electron chi connectivity index (χ2n) is 4.48. The lowest BCUT2D eigenvalue weighted by Gasteiger charge is -2.07. The fraction of sp³-hybridized carbons (Fsp3) is 0.154. The molecule has 3 aromatic rings. The molecule has 0 atom stereocenters. The number of hydrogen-bond donors (Lipinski definition) is 1. The molecule has 0 bridgehead atoms. The van der Waals surface area contributed by atoms with Gasteiger partial charge in [-0.25, -0.2) is 13.6 Å². The molecule has 0 unspecified atom stereocenters. The average molecular weight is 303 g/mol. The Labute approximate surface area is 121 Å². The zero-order valence-corrected chi connectivity index (χ0v) is 12.1. The van der Waals surface area contributed by atoms with Gasteiger partial charge < -0.3 is 0 Å². The Balaban J connectivity index is 2.32. The van der Waals surface area contributed by atoms with Crippen LogP contribution in [0.5, 0.6) is 0 Å². The van der Waals surface area contributed by atoms with E-state index in [4.69, 9.17) is 5.14 Å². The van der Waals surface area contributed by atoms with Crippen molar-refractivity contribution in [2.45, 2.75) is 18.6 Å². The van der Waals surface area contributed by atoms with E-state index in [1.54, 1.807) is 13.1 Å². The standard InChI is InChI=1S/C13H13N5O2S/c1-2-18-12(16-17-13(18)21(14,19)20)11-10-6-4-3-5-9(10)7-8-15-11/h3-8H,2H2,1H3,(H2,14,19,20). The van der Waals surface area contributed by atoms with E-state index in [9.17, 15) is 8.42 Å². The first kappa shape index (κ1) is 13.7. The number of sulfonamides is 1. The van der Waals surface area contributed by atoms with Crippen molar-refractivity contribution in [1.29, 1.82) is 0 Å². The molecule has 2 aromatic heterocycles. The fourth-order valence-electron chi connectivity index (χ4n) is 2.26. The van der Waals surface area contributed by atoms with Crippen molar-refractivity contribution >= 4 is 20.8 Å². The van der Waals surface area contributed by atoms with Crippen LogP contribution in [0.3, 0.4) is 0 Å². The predicted octanol–water partition coefficient (Wildman–Crippen LogP) is 1.16. The molecule has 0 fully saturated rings. The van der Waals surface area contributed by atoms with Crippen LogP contribution in [0.2, 0.25) is 0 Å². The smallest absolute Gasteiger partial charge is 0.273 e. The molecule has 7 nitrogen and oxygen atoms in total. The first-order valence-electron chi connectivity index (χ1n) is 6.32. The molecule has 0 amide bonds. The van der Waals surface area contributed by atoms with Crippen LogP contribution in [0.4, 0.5) is 0 Å². The molecule has 3 rings (SSSR count). The van der Waals surface area contributed by atoms with Gasteiger partial charge in [0, 0.05) is 18.1 Å². The Morgan fingerprint density at radius 3 is 2.67 bits per heavy atom. The molecule has 0 saturated heterocycles. The van der Waals surface area contributed by atoms with Crippen LogP contribution in [-0.2, 0) is 16.6 Å². The number of fused-ring (bicyclic) bond motifs is 1. The number of hydrogen-bond acceptors (Lipinski definition) is 5. The van der Waals surface area contributed by atoms with Gasteiger partial charge >= 0.3 is 0 Å². The van der Waals surface area contributed by atoms with Crippen LogP contribution in [0.1, 0.15) is 6.92 Å². The minimum Gasteiger partial charge on any atom is -0.296 e. The van der Waals surface area contributed by atoms with Gasteiger partial charge in [-0.3, -0.25) is 9.55 Å². The first-order valence-corrected chi connectivity index (χ1v) is 7.87. The van der Waals surface area contributed by atoms with Gasteiger partial charge in [0.25, 0.3) is 15.2 Å². The maximum Gasteiger partial charge on any atom is 0.273 e. The fourth-order valence-corrected chi connectivity index (χ4v) is 2.93. The summed E-state index contributed by atoms with van der Waals surface area (Å²) in [5.74, 6) is 0.387. The van der Waals surface area contributed by atoms with Gasteiger partial charge in [-0.05, 0) is 18.4 Å². The summed E-state index contributed by atoms with van der Waals surface area (Å²) in [6.45, 7) is 2.17. The molecule has 0 spiro atoms. The Hall–Kier alpha value is -2.32. The van der Waals surface area contributed by atoms with E-state index in [0.717, 1.165) is 10.8 Å². The normalized spacial score (nSPS) is 11.9. The summed E-state index contributed by atoms with van der Waals surface area (Å²) in [5.41, 5.74) is 0.581. The largest absolute Gasteiger partial charge is 0.296 e. The van der Waals surface area contributed by atoms with Gasteiger partial charge in [0.2, 0.25) is 0 Å². The van der Waals surface area contributed by atoms with Crippen molar-refractivity contribution in [3.63, 3.8) is 0 Å². The van der Waals surface area contributed by atoms with Crippen molar-refractivity contribution in [3.05, 3.63) is 36.5 Å². The quantitative estimate of drug-likeness (QED) is 0.782. The zero-order valence-electron chi connectivity index (χ0n) is 11.3. The van der Waals surface area contributed by atoms with Crippen LogP contribution < -0.4 is 5.14 Å². The van der Waals surface area contributed by atoms with Crippen molar-refractivity contribution in [2.24, 2.45) is 5.14 Å². The number of pyridine rings is 1. The Morgan fingerprint density at radius 2 is 1.95 bits per heavy atom. The minimum absolute atomic E-state index is 0.255. The summed E-state index contributed by atoms with van der Waals surface area (Å²) >= 11 is 0. The zero-order chi connectivity index (χ0) is 15.0. The minimum atomic E-state index is -3.92. The van der Waals surface area contributed by atoms with Crippen LogP contribution >= 0.6 is 0 Å². The maximum absolute atomic E-state index is 11.6. The summed E-state index contributed by atoms with van der Waals surface area (Å²) in [4.78, 5) is 4.32. The van der Waals surface area contributed by atoms with Gasteiger partial charge in [0.05, 0.1) is 0 Å². The lowest BCUT2D eigenvalue weighted by molar-refractivity contribution is 0.570. The predicted molar refractivity (Wildman–Crippen MR) is 77.8 cm³/mol. The average Bonchev–Trinajstić information content (AvgIpc) is 2.90. The van der Waals surface area contributed by atoms with Crippen molar-refractivity contribution < 1.29 is 8.42 Å². The summed E-state index contributed by atoms with van der Waals surface area (Å²) in [5, 5.41) is 14.4. The third-order valence-corrected chi connectivity index (χ3v) is 3.98. The molecule has 1 aromatic carbocycles. The van der Waals surface area contributed by atoms with Gasteiger partial charge in [0.1, 0.15) is 5.69 Å². The molecule has 108 valence electrons. The van der Waals surface area contributed by atoms with Gasteiger partial charge in [-0.2, -0.15) is 0 Å². The number of nitrogens with two attached hydrogens (primary N) is 1. The topological polar surface area (TPSA) is 104 Å². The SMILES string of the molecule is CCn1c(-c2nccc3ccccc23)nnc1S(N)(=O)=O. The van der Waals surface area contributed by atoms with E-state index in [0.29, 0.717) is 18.1 Å². The number of rotatable bonds is 3. The van der Waals surface area contributed by atoms with Crippen molar-refractivity contribution in [1.82, 2.24) is 19.7 Å². The van der Waals surface area contributed by atoms with Crippen LogP contribution in [0.25, 0.3) is 22.3 Å². The number of aromatic nitrogens is 4. The van der Waals surface area contributed by atoms with E-state index in [1.165, 1.54) is 4.57 Å². The highest BCUT2D eigenvalue weighted by Crippen LogP contribution is 2.26. The van der Waals surface area contributed by atoms with Gasteiger partial charge in [-0.15, -0.1) is 10.2 Å². The number of nitrogens with zero attached hydrogens (tertiary/aromatic N) is 4. The third kappa shape index (κ3) is 2.28. The summed E-state index contributed by atoms with van der Waals surface area (Å²) in [6.07, 6.45) is 1.66. The van der Waals surface area contributed by atoms with E-state index < -0.39 is 10.0 Å². The monoisotopic (exact) mass is 303 g/mol. The molecule has 2 N–H and O–H groups in total. The Kier molecular flexibility index (Phi) is 3.19. The summed E-state index contributed by atoms with van der Waals surface area (Å²) in [7, 11) is -3.92. The Bertz CT molecular complexity index is 912. The van der Waals surface area contributed by atoms with Crippen LogP contribution in [0.15, 0.2) is 41.7 Å². The lowest BCUT2D eigenvalue weighted by Crippen LogP contribution is -2.18. The van der Waals surface area contributed by atoms with E-state index in [1.807, 2.05) is 30.3 Å². The molecule has 0 aliphatic heterocycles. The second kappa shape index (κ2) is 4.90. The number of primary sulfonamides is 1. The third-order valence-electron chi connectivity index (χ3n) is 3.17. The first-order chi connectivity index (χ1) is 10.0. The number of benzene rings is 1. The molecule has 8 heteroatoms. The molecular weight excluding hydrogens is 290 g/mol. The highest BCUT2D eigenvalue weighted by molar-refractivity contribution is 7.89. The summed E-state index contributed by atoms with van der Waals surface area (Å²) in [6, 6.07) is 9.55. The summed E-state index contributed by atoms with van der Waals surface area (Å²) < 4.78 is 24.6. The highest BCUT2D eigenvalue weighted by Gasteiger charge is 2.22. The molecule has 2 heterocycles. The molecule has 0 aliphatic rings. The van der Waals surface area contributed by atoms with Crippen LogP contribution in [-0.4, -0.2) is 28.2 Å². The van der Waals surface area contributed by atoms with Gasteiger partial charge in [-0.1, -0.05) is 24.3 Å². The lowest BCUT2D eigenvalue weighted by atomic mass is 10.1. The van der Waals surface area contributed by atoms with Crippen molar-refractivity contribution in [3.8, 4) is 11.5 Å². The molecule has 0 saturated carbocycles. The van der Waals surface area contributed by atoms with Gasteiger partial charge in [0.15, 0.2) is 5.82 Å². The molecule has 21 heavy (non-hydrogen) atoms. The molecular formula is C13H13N5O2S. The van der Waals surface area contributed by atoms with Crippen LogP contribution in [0, 0.1) is 0 Å². The molecule has 0 radical (unpaired) electrons. The molecule has 0 aliphatic carbocycles. The second-order valence-corrected chi connectivity index (χ2v) is 5.93. The van der Waals surface area contributed by atoms with E-state index in [-0.39, 0.29) is 5.16 Å².